The standard InChI is InChI=1S/C23H29N3O3/c1-5-13-29-20-12-11-17(14-21(20)28-4)16(3)24-23(27)15-26-19-10-8-7-9-18(19)25-22(26)6-2/h7-12,14,16H,5-6,13,15H2,1-4H3,(H,24,27). The first-order valence-corrected chi connectivity index (χ1v) is 10.1. The monoisotopic (exact) mass is 395 g/mol. The molecule has 1 atom stereocenters. The first-order chi connectivity index (χ1) is 14.1. The Kier molecular flexibility index (Phi) is 6.75. The zero-order chi connectivity index (χ0) is 20.8. The first-order valence-electron chi connectivity index (χ1n) is 10.1. The average molecular weight is 396 g/mol. The quantitative estimate of drug-likeness (QED) is 0.587. The number of fused-ring (bicyclic) bond motifs is 1. The number of nitrogens with one attached hydrogen (secondary N) is 1. The number of aromatic nitrogens is 2. The lowest BCUT2D eigenvalue weighted by Crippen LogP contribution is -2.30. The number of amides is 1. The summed E-state index contributed by atoms with van der Waals surface area (Å²) in [5, 5.41) is 3.08. The van der Waals surface area contributed by atoms with Crippen LogP contribution in [0.3, 0.4) is 0 Å². The van der Waals surface area contributed by atoms with E-state index in [1.165, 1.54) is 0 Å². The molecule has 0 bridgehead atoms. The second kappa shape index (κ2) is 9.45. The minimum atomic E-state index is -0.156. The number of ether oxygens (including phenoxy) is 2. The lowest BCUT2D eigenvalue weighted by molar-refractivity contribution is -0.122. The molecule has 2 aromatic carbocycles. The maximum Gasteiger partial charge on any atom is 0.240 e. The minimum Gasteiger partial charge on any atom is -0.493 e. The molecule has 1 heterocycles. The summed E-state index contributed by atoms with van der Waals surface area (Å²) in [4.78, 5) is 17.4. The SMILES string of the molecule is CCCOc1ccc(C(C)NC(=O)Cn2c(CC)nc3ccccc32)cc1OC. The maximum absolute atomic E-state index is 12.8. The summed E-state index contributed by atoms with van der Waals surface area (Å²) in [6.45, 7) is 6.95. The topological polar surface area (TPSA) is 65.4 Å². The third kappa shape index (κ3) is 4.70. The molecular weight excluding hydrogens is 366 g/mol. The van der Waals surface area contributed by atoms with Crippen LogP contribution in [0.5, 0.6) is 11.5 Å². The van der Waals surface area contributed by atoms with E-state index in [-0.39, 0.29) is 18.5 Å². The van der Waals surface area contributed by atoms with Crippen molar-refractivity contribution < 1.29 is 14.3 Å². The van der Waals surface area contributed by atoms with E-state index in [0.717, 1.165) is 35.3 Å². The van der Waals surface area contributed by atoms with E-state index < -0.39 is 0 Å². The van der Waals surface area contributed by atoms with E-state index in [0.29, 0.717) is 18.1 Å². The van der Waals surface area contributed by atoms with Crippen molar-refractivity contribution >= 4 is 16.9 Å². The second-order valence-electron chi connectivity index (χ2n) is 7.00. The van der Waals surface area contributed by atoms with Gasteiger partial charge in [-0.1, -0.05) is 32.0 Å². The normalized spacial score (nSPS) is 12.0. The lowest BCUT2D eigenvalue weighted by Gasteiger charge is -2.18. The molecule has 6 nitrogen and oxygen atoms in total. The molecule has 0 aliphatic rings. The number of methoxy groups -OCH3 is 1. The number of rotatable bonds is 9. The van der Waals surface area contributed by atoms with Crippen LogP contribution in [0.2, 0.25) is 0 Å². The van der Waals surface area contributed by atoms with Crippen LogP contribution in [0.15, 0.2) is 42.5 Å². The first kappa shape index (κ1) is 20.7. The van der Waals surface area contributed by atoms with Gasteiger partial charge in [-0.05, 0) is 43.2 Å². The van der Waals surface area contributed by atoms with Gasteiger partial charge in [-0.25, -0.2) is 4.98 Å². The highest BCUT2D eigenvalue weighted by molar-refractivity contribution is 5.81. The van der Waals surface area contributed by atoms with E-state index in [1.54, 1.807) is 7.11 Å². The Morgan fingerprint density at radius 2 is 1.97 bits per heavy atom. The van der Waals surface area contributed by atoms with Gasteiger partial charge >= 0.3 is 0 Å². The molecule has 1 aromatic heterocycles. The molecule has 0 saturated carbocycles. The highest BCUT2D eigenvalue weighted by Gasteiger charge is 2.16. The lowest BCUT2D eigenvalue weighted by atomic mass is 10.1. The predicted molar refractivity (Wildman–Crippen MR) is 114 cm³/mol. The largest absolute Gasteiger partial charge is 0.493 e. The molecule has 154 valence electrons. The highest BCUT2D eigenvalue weighted by atomic mass is 16.5. The van der Waals surface area contributed by atoms with Crippen molar-refractivity contribution in [1.29, 1.82) is 0 Å². The number of carbonyl (C=O) groups is 1. The number of hydrogen-bond donors (Lipinski definition) is 1. The van der Waals surface area contributed by atoms with Crippen LogP contribution in [0.4, 0.5) is 0 Å². The molecule has 1 N–H and O–H groups in total. The van der Waals surface area contributed by atoms with Crippen LogP contribution in [-0.2, 0) is 17.8 Å². The Bertz CT molecular complexity index is 981. The van der Waals surface area contributed by atoms with Gasteiger partial charge in [0, 0.05) is 6.42 Å². The number of para-hydroxylation sites is 2. The van der Waals surface area contributed by atoms with Crippen molar-refractivity contribution in [2.24, 2.45) is 0 Å². The van der Waals surface area contributed by atoms with E-state index in [2.05, 4.69) is 17.2 Å². The second-order valence-corrected chi connectivity index (χ2v) is 7.00. The highest BCUT2D eigenvalue weighted by Crippen LogP contribution is 2.30. The molecule has 3 rings (SSSR count). The van der Waals surface area contributed by atoms with Crippen LogP contribution in [0.25, 0.3) is 11.0 Å². The van der Waals surface area contributed by atoms with Gasteiger partial charge in [0.15, 0.2) is 11.5 Å². The van der Waals surface area contributed by atoms with Crippen LogP contribution in [0.1, 0.15) is 44.6 Å². The van der Waals surface area contributed by atoms with Crippen molar-refractivity contribution in [3.63, 3.8) is 0 Å². The summed E-state index contributed by atoms with van der Waals surface area (Å²) in [5.41, 5.74) is 2.86. The third-order valence-corrected chi connectivity index (χ3v) is 4.88. The number of nitrogens with zero attached hydrogens (tertiary/aromatic N) is 2. The summed E-state index contributed by atoms with van der Waals surface area (Å²) >= 11 is 0. The van der Waals surface area contributed by atoms with Crippen LogP contribution < -0.4 is 14.8 Å². The number of benzene rings is 2. The van der Waals surface area contributed by atoms with Gasteiger partial charge in [-0.15, -0.1) is 0 Å². The summed E-state index contributed by atoms with van der Waals surface area (Å²) < 4.78 is 13.1. The third-order valence-electron chi connectivity index (χ3n) is 4.88. The fourth-order valence-electron chi connectivity index (χ4n) is 3.37. The molecule has 1 amide bonds. The zero-order valence-electron chi connectivity index (χ0n) is 17.6. The molecule has 0 saturated heterocycles. The van der Waals surface area contributed by atoms with Gasteiger partial charge in [-0.3, -0.25) is 4.79 Å². The smallest absolute Gasteiger partial charge is 0.240 e. The number of aryl methyl sites for hydroxylation is 1. The maximum atomic E-state index is 12.8. The average Bonchev–Trinajstić information content (AvgIpc) is 3.09. The molecule has 0 radical (unpaired) electrons. The molecule has 0 fully saturated rings. The Labute approximate surface area is 171 Å². The Morgan fingerprint density at radius 3 is 2.69 bits per heavy atom. The summed E-state index contributed by atoms with van der Waals surface area (Å²) in [5.74, 6) is 2.24. The fourth-order valence-corrected chi connectivity index (χ4v) is 3.37. The Balaban J connectivity index is 1.73. The van der Waals surface area contributed by atoms with Crippen molar-refractivity contribution in [2.45, 2.75) is 46.2 Å². The van der Waals surface area contributed by atoms with E-state index >= 15 is 0 Å². The molecule has 29 heavy (non-hydrogen) atoms. The summed E-state index contributed by atoms with van der Waals surface area (Å²) in [6, 6.07) is 13.5. The number of carbonyl (C=O) groups excluding carboxylic acids is 1. The van der Waals surface area contributed by atoms with E-state index in [1.807, 2.05) is 60.9 Å². The van der Waals surface area contributed by atoms with Crippen molar-refractivity contribution in [3.05, 3.63) is 53.9 Å². The van der Waals surface area contributed by atoms with Gasteiger partial charge in [0.05, 0.1) is 30.8 Å². The van der Waals surface area contributed by atoms with E-state index in [9.17, 15) is 4.79 Å². The number of hydrogen-bond acceptors (Lipinski definition) is 4. The molecule has 6 heteroatoms. The van der Waals surface area contributed by atoms with Gasteiger partial charge in [0.1, 0.15) is 12.4 Å². The molecule has 0 spiro atoms. The summed E-state index contributed by atoms with van der Waals surface area (Å²) in [6.07, 6.45) is 1.70. The number of imidazole rings is 1. The molecule has 1 unspecified atom stereocenters. The molecule has 0 aliphatic carbocycles. The minimum absolute atomic E-state index is 0.0550. The fraction of sp³-hybridized carbons (Fsp3) is 0.391. The Morgan fingerprint density at radius 1 is 1.17 bits per heavy atom. The van der Waals surface area contributed by atoms with Crippen molar-refractivity contribution in [1.82, 2.24) is 14.9 Å². The van der Waals surface area contributed by atoms with Crippen LogP contribution >= 0.6 is 0 Å². The Hall–Kier alpha value is -3.02. The predicted octanol–water partition coefficient (Wildman–Crippen LogP) is 4.27. The van der Waals surface area contributed by atoms with Crippen LogP contribution in [-0.4, -0.2) is 29.2 Å². The van der Waals surface area contributed by atoms with E-state index in [4.69, 9.17) is 9.47 Å². The van der Waals surface area contributed by atoms with Gasteiger partial charge in [0.2, 0.25) is 5.91 Å². The van der Waals surface area contributed by atoms with Gasteiger partial charge < -0.3 is 19.4 Å². The van der Waals surface area contributed by atoms with Gasteiger partial charge in [-0.2, -0.15) is 0 Å². The van der Waals surface area contributed by atoms with Crippen molar-refractivity contribution in [2.75, 3.05) is 13.7 Å². The zero-order valence-corrected chi connectivity index (χ0v) is 17.6. The molecule has 0 aliphatic heterocycles. The molecular formula is C23H29N3O3. The van der Waals surface area contributed by atoms with Crippen molar-refractivity contribution in [3.8, 4) is 11.5 Å². The summed E-state index contributed by atoms with van der Waals surface area (Å²) in [7, 11) is 1.62. The van der Waals surface area contributed by atoms with Gasteiger partial charge in [0.25, 0.3) is 0 Å². The molecule has 3 aromatic rings. The van der Waals surface area contributed by atoms with Crippen LogP contribution in [0, 0.1) is 0 Å².